The molecule has 1 aliphatic rings. The Morgan fingerprint density at radius 2 is 2.00 bits per heavy atom. The number of nitrogens with zero attached hydrogens (tertiary/aromatic N) is 3. The molecule has 1 saturated heterocycles. The van der Waals surface area contributed by atoms with E-state index in [2.05, 4.69) is 46.5 Å². The highest BCUT2D eigenvalue weighted by molar-refractivity contribution is 5.80. The first kappa shape index (κ1) is 22.7. The molecule has 0 aliphatic carbocycles. The van der Waals surface area contributed by atoms with E-state index >= 15 is 0 Å². The molecule has 3 rings (SSSR count). The number of pyridine rings is 1. The van der Waals surface area contributed by atoms with Gasteiger partial charge in [0, 0.05) is 37.9 Å². The highest BCUT2D eigenvalue weighted by Gasteiger charge is 2.21. The van der Waals surface area contributed by atoms with Crippen molar-refractivity contribution in [1.29, 1.82) is 0 Å². The topological polar surface area (TPSA) is 71.0 Å². The normalized spacial score (nSPS) is 16.0. The van der Waals surface area contributed by atoms with E-state index in [4.69, 9.17) is 14.5 Å². The van der Waals surface area contributed by atoms with Gasteiger partial charge in [0.1, 0.15) is 23.4 Å². The van der Waals surface area contributed by atoms with Crippen molar-refractivity contribution in [3.05, 3.63) is 48.2 Å². The second-order valence-corrected chi connectivity index (χ2v) is 7.93. The number of benzene rings is 1. The molecule has 2 heterocycles. The number of hydrogen-bond donors (Lipinski definition) is 2. The summed E-state index contributed by atoms with van der Waals surface area (Å²) in [5, 5.41) is 6.95. The van der Waals surface area contributed by atoms with Gasteiger partial charge in [0.2, 0.25) is 0 Å². The molecule has 2 N–H and O–H groups in total. The van der Waals surface area contributed by atoms with Crippen LogP contribution in [0.5, 0.6) is 11.5 Å². The third-order valence-corrected chi connectivity index (χ3v) is 5.28. The van der Waals surface area contributed by atoms with Crippen LogP contribution in [0, 0.1) is 6.92 Å². The van der Waals surface area contributed by atoms with Crippen molar-refractivity contribution in [2.75, 3.05) is 38.2 Å². The van der Waals surface area contributed by atoms with Gasteiger partial charge in [0.25, 0.3) is 0 Å². The van der Waals surface area contributed by atoms with Crippen LogP contribution in [0.25, 0.3) is 0 Å². The molecule has 1 atom stereocenters. The highest BCUT2D eigenvalue weighted by atomic mass is 16.5. The molecule has 0 spiro atoms. The van der Waals surface area contributed by atoms with Gasteiger partial charge in [-0.1, -0.05) is 12.1 Å². The summed E-state index contributed by atoms with van der Waals surface area (Å²) in [6, 6.07) is 12.3. The zero-order chi connectivity index (χ0) is 22.1. The van der Waals surface area contributed by atoms with Crippen molar-refractivity contribution in [3.8, 4) is 11.5 Å². The fourth-order valence-corrected chi connectivity index (χ4v) is 3.58. The molecule has 0 radical (unpaired) electrons. The minimum absolute atomic E-state index is 0.0444. The standard InChI is InChI=1S/C24H35N5O2/c1-5-25-24(27-17-19(3)31-22-8-6-7-21(15-22)30-4)28-20-11-13-29(14-12-20)23-10-9-18(2)16-26-23/h6-10,15-16,19-20H,5,11-14,17H2,1-4H3,(H2,25,27,28). The summed E-state index contributed by atoms with van der Waals surface area (Å²) in [5.41, 5.74) is 1.19. The summed E-state index contributed by atoms with van der Waals surface area (Å²) >= 11 is 0. The van der Waals surface area contributed by atoms with E-state index in [1.807, 2.05) is 37.4 Å². The number of anilines is 1. The molecule has 7 nitrogen and oxygen atoms in total. The zero-order valence-electron chi connectivity index (χ0n) is 19.1. The lowest BCUT2D eigenvalue weighted by Crippen LogP contribution is -2.49. The Morgan fingerprint density at radius 3 is 2.68 bits per heavy atom. The quantitative estimate of drug-likeness (QED) is 0.499. The average molecular weight is 426 g/mol. The van der Waals surface area contributed by atoms with Crippen LogP contribution in [-0.4, -0.2) is 56.4 Å². The van der Waals surface area contributed by atoms with Crippen LogP contribution in [0.1, 0.15) is 32.3 Å². The van der Waals surface area contributed by atoms with Crippen molar-refractivity contribution in [1.82, 2.24) is 15.6 Å². The number of aryl methyl sites for hydroxylation is 1. The fourth-order valence-electron chi connectivity index (χ4n) is 3.58. The third kappa shape index (κ3) is 7.05. The number of guanidine groups is 1. The third-order valence-electron chi connectivity index (χ3n) is 5.28. The van der Waals surface area contributed by atoms with E-state index in [1.54, 1.807) is 7.11 Å². The van der Waals surface area contributed by atoms with E-state index < -0.39 is 0 Å². The Hall–Kier alpha value is -2.96. The van der Waals surface area contributed by atoms with Crippen molar-refractivity contribution >= 4 is 11.8 Å². The smallest absolute Gasteiger partial charge is 0.191 e. The van der Waals surface area contributed by atoms with Gasteiger partial charge < -0.3 is 25.0 Å². The van der Waals surface area contributed by atoms with E-state index in [1.165, 1.54) is 5.56 Å². The number of piperidine rings is 1. The van der Waals surface area contributed by atoms with Gasteiger partial charge in [-0.25, -0.2) is 9.98 Å². The molecule has 0 bridgehead atoms. The number of hydrogen-bond acceptors (Lipinski definition) is 5. The van der Waals surface area contributed by atoms with E-state index in [0.717, 1.165) is 55.8 Å². The number of methoxy groups -OCH3 is 1. The van der Waals surface area contributed by atoms with E-state index in [-0.39, 0.29) is 6.10 Å². The molecule has 0 amide bonds. The van der Waals surface area contributed by atoms with E-state index in [9.17, 15) is 0 Å². The summed E-state index contributed by atoms with van der Waals surface area (Å²) in [6.45, 7) is 9.54. The van der Waals surface area contributed by atoms with Crippen molar-refractivity contribution in [2.45, 2.75) is 45.8 Å². The Balaban J connectivity index is 1.49. The summed E-state index contributed by atoms with van der Waals surface area (Å²) in [5.74, 6) is 3.48. The molecule has 0 saturated carbocycles. The van der Waals surface area contributed by atoms with Gasteiger partial charge in [-0.15, -0.1) is 0 Å². The van der Waals surface area contributed by atoms with Crippen LogP contribution in [0.4, 0.5) is 5.82 Å². The predicted molar refractivity (Wildman–Crippen MR) is 126 cm³/mol. The second kappa shape index (κ2) is 11.4. The molecular formula is C24H35N5O2. The lowest BCUT2D eigenvalue weighted by molar-refractivity contribution is 0.229. The molecule has 2 aromatic rings. The van der Waals surface area contributed by atoms with Crippen LogP contribution < -0.4 is 25.0 Å². The molecule has 7 heteroatoms. The second-order valence-electron chi connectivity index (χ2n) is 7.93. The lowest BCUT2D eigenvalue weighted by atomic mass is 10.1. The van der Waals surface area contributed by atoms with Gasteiger partial charge in [0.05, 0.1) is 13.7 Å². The first-order chi connectivity index (χ1) is 15.1. The van der Waals surface area contributed by atoms with Crippen LogP contribution >= 0.6 is 0 Å². The molecule has 1 aromatic carbocycles. The van der Waals surface area contributed by atoms with Crippen LogP contribution in [0.2, 0.25) is 0 Å². The maximum atomic E-state index is 5.99. The maximum absolute atomic E-state index is 5.99. The first-order valence-electron chi connectivity index (χ1n) is 11.1. The largest absolute Gasteiger partial charge is 0.497 e. The van der Waals surface area contributed by atoms with Crippen LogP contribution in [0.3, 0.4) is 0 Å². The number of nitrogens with one attached hydrogen (secondary N) is 2. The van der Waals surface area contributed by atoms with Gasteiger partial charge in [-0.2, -0.15) is 0 Å². The lowest BCUT2D eigenvalue weighted by Gasteiger charge is -2.34. The molecule has 168 valence electrons. The molecule has 1 unspecified atom stereocenters. The summed E-state index contributed by atoms with van der Waals surface area (Å²) < 4.78 is 11.2. The zero-order valence-corrected chi connectivity index (χ0v) is 19.1. The Kier molecular flexibility index (Phi) is 8.38. The number of ether oxygens (including phenoxy) is 2. The number of aromatic nitrogens is 1. The molecule has 1 fully saturated rings. The van der Waals surface area contributed by atoms with Crippen molar-refractivity contribution in [3.63, 3.8) is 0 Å². The molecular weight excluding hydrogens is 390 g/mol. The molecule has 1 aliphatic heterocycles. The van der Waals surface area contributed by atoms with Crippen LogP contribution in [-0.2, 0) is 0 Å². The summed E-state index contributed by atoms with van der Waals surface area (Å²) in [4.78, 5) is 11.7. The predicted octanol–water partition coefficient (Wildman–Crippen LogP) is 3.39. The Bertz CT molecular complexity index is 832. The van der Waals surface area contributed by atoms with Gasteiger partial charge in [-0.05, 0) is 57.4 Å². The molecule has 1 aromatic heterocycles. The number of aliphatic imine (C=N–C) groups is 1. The van der Waals surface area contributed by atoms with Crippen molar-refractivity contribution in [2.24, 2.45) is 4.99 Å². The monoisotopic (exact) mass is 425 g/mol. The summed E-state index contributed by atoms with van der Waals surface area (Å²) in [6.07, 6.45) is 3.99. The first-order valence-corrected chi connectivity index (χ1v) is 11.1. The average Bonchev–Trinajstić information content (AvgIpc) is 2.79. The number of rotatable bonds is 8. The fraction of sp³-hybridized carbons (Fsp3) is 0.500. The minimum Gasteiger partial charge on any atom is -0.497 e. The van der Waals surface area contributed by atoms with Crippen LogP contribution in [0.15, 0.2) is 47.6 Å². The van der Waals surface area contributed by atoms with Crippen molar-refractivity contribution < 1.29 is 9.47 Å². The van der Waals surface area contributed by atoms with Gasteiger partial charge in [-0.3, -0.25) is 0 Å². The summed E-state index contributed by atoms with van der Waals surface area (Å²) in [7, 11) is 1.66. The Morgan fingerprint density at radius 1 is 1.23 bits per heavy atom. The van der Waals surface area contributed by atoms with Gasteiger partial charge in [0.15, 0.2) is 5.96 Å². The molecule has 31 heavy (non-hydrogen) atoms. The SMILES string of the molecule is CCNC(=NCC(C)Oc1cccc(OC)c1)NC1CCN(c2ccc(C)cn2)CC1. The van der Waals surface area contributed by atoms with E-state index in [0.29, 0.717) is 12.6 Å². The highest BCUT2D eigenvalue weighted by Crippen LogP contribution is 2.20. The Labute approximate surface area is 185 Å². The maximum Gasteiger partial charge on any atom is 0.191 e. The minimum atomic E-state index is -0.0444. The van der Waals surface area contributed by atoms with Gasteiger partial charge >= 0.3 is 0 Å².